The summed E-state index contributed by atoms with van der Waals surface area (Å²) < 4.78 is 5.27. The number of hydrogen-bond donors (Lipinski definition) is 0. The normalized spacial score (nSPS) is 15.9. The zero-order valence-corrected chi connectivity index (χ0v) is 15.2. The summed E-state index contributed by atoms with van der Waals surface area (Å²) in [6, 6.07) is 14.1. The highest BCUT2D eigenvalue weighted by Gasteiger charge is 2.31. The first-order valence-corrected chi connectivity index (χ1v) is 9.17. The summed E-state index contributed by atoms with van der Waals surface area (Å²) in [5.74, 6) is -0.258. The third kappa shape index (κ3) is 3.28. The molecular formula is C22H21N3O2. The molecule has 3 heterocycles. The van der Waals surface area contributed by atoms with Crippen LogP contribution in [0.15, 0.2) is 67.3 Å². The van der Waals surface area contributed by atoms with E-state index in [1.54, 1.807) is 12.4 Å². The van der Waals surface area contributed by atoms with Gasteiger partial charge in [0, 0.05) is 36.2 Å². The molecule has 4 rings (SSSR count). The summed E-state index contributed by atoms with van der Waals surface area (Å²) >= 11 is 0. The molecule has 5 heteroatoms. The monoisotopic (exact) mass is 359 g/mol. The van der Waals surface area contributed by atoms with Gasteiger partial charge in [0.05, 0.1) is 18.2 Å². The Morgan fingerprint density at radius 2 is 1.78 bits per heavy atom. The van der Waals surface area contributed by atoms with Crippen LogP contribution in [0.25, 0.3) is 0 Å². The van der Waals surface area contributed by atoms with Gasteiger partial charge in [0.15, 0.2) is 0 Å². The van der Waals surface area contributed by atoms with E-state index in [-0.39, 0.29) is 12.0 Å². The van der Waals surface area contributed by atoms with Gasteiger partial charge in [-0.2, -0.15) is 0 Å². The van der Waals surface area contributed by atoms with E-state index in [9.17, 15) is 4.79 Å². The number of aromatic nitrogens is 2. The fraction of sp³-hybridized carbons (Fsp3) is 0.227. The van der Waals surface area contributed by atoms with Crippen LogP contribution >= 0.6 is 0 Å². The maximum Gasteiger partial charge on any atom is 0.338 e. The Labute approximate surface area is 158 Å². The molecule has 1 unspecified atom stereocenters. The van der Waals surface area contributed by atoms with Crippen molar-refractivity contribution in [3.05, 3.63) is 83.9 Å². The summed E-state index contributed by atoms with van der Waals surface area (Å²) in [6.45, 7) is 2.20. The highest BCUT2D eigenvalue weighted by Crippen LogP contribution is 2.44. The van der Waals surface area contributed by atoms with Crippen molar-refractivity contribution in [2.45, 2.75) is 25.8 Å². The molecule has 0 N–H and O–H groups in total. The summed E-state index contributed by atoms with van der Waals surface area (Å²) in [5, 5.41) is 0. The highest BCUT2D eigenvalue weighted by atomic mass is 16.5. The molecule has 3 aromatic rings. The molecule has 0 spiro atoms. The van der Waals surface area contributed by atoms with Crippen LogP contribution in [0.5, 0.6) is 0 Å². The fourth-order valence-electron chi connectivity index (χ4n) is 3.77. The number of ether oxygens (including phenoxy) is 1. The number of anilines is 2. The third-order valence-corrected chi connectivity index (χ3v) is 4.92. The van der Waals surface area contributed by atoms with E-state index in [1.807, 2.05) is 43.6 Å². The van der Waals surface area contributed by atoms with Gasteiger partial charge in [0.2, 0.25) is 0 Å². The molecule has 1 aliphatic rings. The number of benzene rings is 1. The van der Waals surface area contributed by atoms with Gasteiger partial charge in [-0.05, 0) is 67.3 Å². The van der Waals surface area contributed by atoms with Crippen molar-refractivity contribution >= 4 is 17.3 Å². The van der Waals surface area contributed by atoms with Gasteiger partial charge in [0.25, 0.3) is 0 Å². The molecule has 0 aliphatic carbocycles. The molecule has 1 aromatic carbocycles. The lowest BCUT2D eigenvalue weighted by Crippen LogP contribution is -2.30. The van der Waals surface area contributed by atoms with Crippen molar-refractivity contribution in [2.24, 2.45) is 0 Å². The zero-order valence-electron chi connectivity index (χ0n) is 15.2. The standard InChI is InChI=1S/C22H21N3O2/c1-2-27-22(26)19-4-3-5-21-18(19)6-7-20(16-8-12-23-13-9-16)25(21)17-10-14-24-15-11-17/h3-5,8-15,20H,2,6-7H2,1H3. The Morgan fingerprint density at radius 1 is 1.07 bits per heavy atom. The molecule has 1 atom stereocenters. The molecule has 27 heavy (non-hydrogen) atoms. The minimum absolute atomic E-state index is 0.167. The molecule has 136 valence electrons. The Bertz CT molecular complexity index is 929. The minimum Gasteiger partial charge on any atom is -0.462 e. The average Bonchev–Trinajstić information content (AvgIpc) is 2.74. The van der Waals surface area contributed by atoms with Crippen molar-refractivity contribution in [1.82, 2.24) is 9.97 Å². The van der Waals surface area contributed by atoms with Crippen molar-refractivity contribution in [2.75, 3.05) is 11.5 Å². The summed E-state index contributed by atoms with van der Waals surface area (Å²) in [7, 11) is 0. The fourth-order valence-corrected chi connectivity index (χ4v) is 3.77. The van der Waals surface area contributed by atoms with E-state index >= 15 is 0 Å². The van der Waals surface area contributed by atoms with Gasteiger partial charge < -0.3 is 9.64 Å². The molecule has 0 bridgehead atoms. The summed E-state index contributed by atoms with van der Waals surface area (Å²) in [4.78, 5) is 23.0. The van der Waals surface area contributed by atoms with Crippen LogP contribution in [0.1, 0.15) is 40.9 Å². The topological polar surface area (TPSA) is 55.3 Å². The van der Waals surface area contributed by atoms with Crippen LogP contribution in [0.3, 0.4) is 0 Å². The third-order valence-electron chi connectivity index (χ3n) is 4.92. The lowest BCUT2D eigenvalue weighted by atomic mass is 9.88. The Balaban J connectivity index is 1.85. The molecule has 0 saturated heterocycles. The zero-order chi connectivity index (χ0) is 18.6. The van der Waals surface area contributed by atoms with E-state index in [2.05, 4.69) is 33.1 Å². The van der Waals surface area contributed by atoms with Crippen LogP contribution in [0.4, 0.5) is 11.4 Å². The predicted molar refractivity (Wildman–Crippen MR) is 104 cm³/mol. The van der Waals surface area contributed by atoms with E-state index in [1.165, 1.54) is 5.56 Å². The second-order valence-corrected chi connectivity index (χ2v) is 6.43. The number of rotatable bonds is 4. The first kappa shape index (κ1) is 17.2. The summed E-state index contributed by atoms with van der Waals surface area (Å²) in [6.07, 6.45) is 8.95. The first-order chi connectivity index (χ1) is 13.3. The number of fused-ring (bicyclic) bond motifs is 1. The van der Waals surface area contributed by atoms with Crippen LogP contribution in [0, 0.1) is 0 Å². The van der Waals surface area contributed by atoms with E-state index in [0.717, 1.165) is 29.8 Å². The van der Waals surface area contributed by atoms with Crippen molar-refractivity contribution in [3.8, 4) is 0 Å². The van der Waals surface area contributed by atoms with Crippen LogP contribution in [-0.2, 0) is 11.2 Å². The first-order valence-electron chi connectivity index (χ1n) is 9.17. The van der Waals surface area contributed by atoms with Crippen LogP contribution in [-0.4, -0.2) is 22.5 Å². The lowest BCUT2D eigenvalue weighted by molar-refractivity contribution is 0.0525. The van der Waals surface area contributed by atoms with Gasteiger partial charge in [-0.25, -0.2) is 4.79 Å². The second kappa shape index (κ2) is 7.58. The number of carbonyl (C=O) groups is 1. The quantitative estimate of drug-likeness (QED) is 0.643. The van der Waals surface area contributed by atoms with Gasteiger partial charge >= 0.3 is 5.97 Å². The van der Waals surface area contributed by atoms with Gasteiger partial charge in [-0.1, -0.05) is 6.07 Å². The van der Waals surface area contributed by atoms with Gasteiger partial charge in [0.1, 0.15) is 0 Å². The van der Waals surface area contributed by atoms with Crippen LogP contribution < -0.4 is 4.90 Å². The number of carbonyl (C=O) groups excluding carboxylic acids is 1. The highest BCUT2D eigenvalue weighted by molar-refractivity contribution is 5.94. The van der Waals surface area contributed by atoms with E-state index in [4.69, 9.17) is 4.74 Å². The Kier molecular flexibility index (Phi) is 4.83. The number of esters is 1. The smallest absolute Gasteiger partial charge is 0.338 e. The molecule has 0 radical (unpaired) electrons. The SMILES string of the molecule is CCOC(=O)c1cccc2c1CCC(c1ccncc1)N2c1ccncc1. The van der Waals surface area contributed by atoms with E-state index in [0.29, 0.717) is 12.2 Å². The van der Waals surface area contributed by atoms with Crippen molar-refractivity contribution < 1.29 is 9.53 Å². The van der Waals surface area contributed by atoms with Crippen molar-refractivity contribution in [1.29, 1.82) is 0 Å². The Hall–Kier alpha value is -3.21. The number of hydrogen-bond acceptors (Lipinski definition) is 5. The molecule has 0 saturated carbocycles. The lowest BCUT2D eigenvalue weighted by Gasteiger charge is -2.39. The van der Waals surface area contributed by atoms with Crippen LogP contribution in [0.2, 0.25) is 0 Å². The molecule has 0 amide bonds. The molecule has 0 fully saturated rings. The average molecular weight is 359 g/mol. The Morgan fingerprint density at radius 3 is 2.48 bits per heavy atom. The summed E-state index contributed by atoms with van der Waals surface area (Å²) in [5.41, 5.74) is 4.99. The minimum atomic E-state index is -0.258. The van der Waals surface area contributed by atoms with Gasteiger partial charge in [-0.3, -0.25) is 9.97 Å². The predicted octanol–water partition coefficient (Wildman–Crippen LogP) is 4.48. The maximum absolute atomic E-state index is 12.5. The second-order valence-electron chi connectivity index (χ2n) is 6.43. The van der Waals surface area contributed by atoms with E-state index < -0.39 is 0 Å². The molecule has 2 aromatic heterocycles. The van der Waals surface area contributed by atoms with Crippen molar-refractivity contribution in [3.63, 3.8) is 0 Å². The molecule has 5 nitrogen and oxygen atoms in total. The number of nitrogens with zero attached hydrogens (tertiary/aromatic N) is 3. The maximum atomic E-state index is 12.5. The molecule has 1 aliphatic heterocycles. The molecular weight excluding hydrogens is 338 g/mol. The number of pyridine rings is 2. The largest absolute Gasteiger partial charge is 0.462 e. The van der Waals surface area contributed by atoms with Gasteiger partial charge in [-0.15, -0.1) is 0 Å².